The topological polar surface area (TPSA) is 55.5 Å². The largest absolute Gasteiger partial charge is 0.494 e. The number of nitrogens with two attached hydrogens (primary N) is 1. The Hall–Kier alpha value is -2.00. The molecule has 3 heteroatoms. The first-order valence-electron chi connectivity index (χ1n) is 6.47. The first-order valence-corrected chi connectivity index (χ1v) is 6.47. The summed E-state index contributed by atoms with van der Waals surface area (Å²) in [6.07, 6.45) is 0.580. The van der Waals surface area contributed by atoms with Crippen LogP contribution in [-0.2, 0) is 6.42 Å². The molecule has 3 N–H and O–H groups in total. The van der Waals surface area contributed by atoms with E-state index in [0.717, 1.165) is 28.1 Å². The molecule has 0 aromatic heterocycles. The number of rotatable bonds is 5. The second kappa shape index (κ2) is 6.25. The van der Waals surface area contributed by atoms with E-state index < -0.39 is 0 Å². The lowest BCUT2D eigenvalue weighted by Gasteiger charge is -2.11. The van der Waals surface area contributed by atoms with Crippen molar-refractivity contribution in [3.63, 3.8) is 0 Å². The summed E-state index contributed by atoms with van der Waals surface area (Å²) in [5.74, 6) is 0.858. The summed E-state index contributed by atoms with van der Waals surface area (Å²) >= 11 is 0. The van der Waals surface area contributed by atoms with E-state index in [1.807, 2.05) is 49.4 Å². The van der Waals surface area contributed by atoms with Crippen LogP contribution in [0, 0.1) is 0 Å². The third-order valence-corrected chi connectivity index (χ3v) is 3.05. The number of benzene rings is 2. The Morgan fingerprint density at radius 1 is 1.11 bits per heavy atom. The number of hydrogen-bond acceptors (Lipinski definition) is 3. The van der Waals surface area contributed by atoms with Crippen molar-refractivity contribution in [1.29, 1.82) is 0 Å². The Labute approximate surface area is 113 Å². The lowest BCUT2D eigenvalue weighted by Crippen LogP contribution is -1.99. The summed E-state index contributed by atoms with van der Waals surface area (Å²) in [6, 6.07) is 13.8. The van der Waals surface area contributed by atoms with Crippen LogP contribution in [0.3, 0.4) is 0 Å². The predicted molar refractivity (Wildman–Crippen MR) is 78.2 cm³/mol. The van der Waals surface area contributed by atoms with Gasteiger partial charge in [-0.25, -0.2) is 0 Å². The SMILES string of the molecule is CCOc1ccc(-c2cccc(CCO)c2N)cc1. The van der Waals surface area contributed by atoms with Crippen LogP contribution in [0.25, 0.3) is 11.1 Å². The van der Waals surface area contributed by atoms with Gasteiger partial charge in [0.1, 0.15) is 5.75 Å². The molecule has 2 rings (SSSR count). The molecule has 0 heterocycles. The van der Waals surface area contributed by atoms with E-state index in [1.54, 1.807) is 0 Å². The highest BCUT2D eigenvalue weighted by Gasteiger charge is 2.06. The summed E-state index contributed by atoms with van der Waals surface area (Å²) in [7, 11) is 0. The van der Waals surface area contributed by atoms with Crippen LogP contribution in [0.1, 0.15) is 12.5 Å². The lowest BCUT2D eigenvalue weighted by atomic mass is 9.99. The van der Waals surface area contributed by atoms with E-state index in [2.05, 4.69) is 0 Å². The minimum atomic E-state index is 0.108. The van der Waals surface area contributed by atoms with Crippen LogP contribution in [0.2, 0.25) is 0 Å². The molecule has 0 spiro atoms. The predicted octanol–water partition coefficient (Wildman–Crippen LogP) is 2.87. The van der Waals surface area contributed by atoms with E-state index >= 15 is 0 Å². The van der Waals surface area contributed by atoms with Gasteiger partial charge in [-0.3, -0.25) is 0 Å². The molecule has 0 bridgehead atoms. The van der Waals surface area contributed by atoms with Gasteiger partial charge in [0.15, 0.2) is 0 Å². The van der Waals surface area contributed by atoms with Gasteiger partial charge in [-0.1, -0.05) is 30.3 Å². The van der Waals surface area contributed by atoms with Crippen LogP contribution < -0.4 is 10.5 Å². The molecule has 100 valence electrons. The van der Waals surface area contributed by atoms with E-state index in [4.69, 9.17) is 15.6 Å². The van der Waals surface area contributed by atoms with Gasteiger partial charge in [-0.15, -0.1) is 0 Å². The quantitative estimate of drug-likeness (QED) is 0.810. The molecule has 0 fully saturated rings. The van der Waals surface area contributed by atoms with Gasteiger partial charge in [0.25, 0.3) is 0 Å². The van der Waals surface area contributed by atoms with Crippen molar-refractivity contribution in [3.05, 3.63) is 48.0 Å². The van der Waals surface area contributed by atoms with E-state index in [1.165, 1.54) is 0 Å². The number of aliphatic hydroxyl groups is 1. The van der Waals surface area contributed by atoms with Gasteiger partial charge in [-0.05, 0) is 36.6 Å². The summed E-state index contributed by atoms with van der Waals surface area (Å²) in [4.78, 5) is 0. The maximum Gasteiger partial charge on any atom is 0.119 e. The van der Waals surface area contributed by atoms with Crippen molar-refractivity contribution >= 4 is 5.69 Å². The fourth-order valence-electron chi connectivity index (χ4n) is 2.10. The molecular weight excluding hydrogens is 238 g/mol. The average molecular weight is 257 g/mol. The summed E-state index contributed by atoms with van der Waals surface area (Å²) < 4.78 is 5.42. The Balaban J connectivity index is 2.33. The number of anilines is 1. The minimum absolute atomic E-state index is 0.108. The minimum Gasteiger partial charge on any atom is -0.494 e. The fourth-order valence-corrected chi connectivity index (χ4v) is 2.10. The molecule has 0 aliphatic carbocycles. The third kappa shape index (κ3) is 3.06. The molecule has 0 radical (unpaired) electrons. The molecule has 3 nitrogen and oxygen atoms in total. The number of para-hydroxylation sites is 1. The summed E-state index contributed by atoms with van der Waals surface area (Å²) in [5, 5.41) is 9.03. The van der Waals surface area contributed by atoms with Crippen molar-refractivity contribution in [3.8, 4) is 16.9 Å². The molecule has 0 saturated heterocycles. The molecule has 2 aromatic carbocycles. The van der Waals surface area contributed by atoms with E-state index in [-0.39, 0.29) is 6.61 Å². The average Bonchev–Trinajstić information content (AvgIpc) is 2.43. The fraction of sp³-hybridized carbons (Fsp3) is 0.250. The van der Waals surface area contributed by atoms with Crippen molar-refractivity contribution in [2.45, 2.75) is 13.3 Å². The molecule has 2 aromatic rings. The van der Waals surface area contributed by atoms with Crippen molar-refractivity contribution in [1.82, 2.24) is 0 Å². The van der Waals surface area contributed by atoms with E-state index in [0.29, 0.717) is 13.0 Å². The van der Waals surface area contributed by atoms with Gasteiger partial charge < -0.3 is 15.6 Å². The highest BCUT2D eigenvalue weighted by atomic mass is 16.5. The Kier molecular flexibility index (Phi) is 4.42. The van der Waals surface area contributed by atoms with Crippen molar-refractivity contribution in [2.24, 2.45) is 0 Å². The standard InChI is InChI=1S/C16H19NO2/c1-2-19-14-8-6-12(7-9-14)15-5-3-4-13(10-11-18)16(15)17/h3-9,18H,2,10-11,17H2,1H3. The molecule has 0 saturated carbocycles. The monoisotopic (exact) mass is 257 g/mol. The molecule has 19 heavy (non-hydrogen) atoms. The molecule has 0 atom stereocenters. The lowest BCUT2D eigenvalue weighted by molar-refractivity contribution is 0.300. The molecule has 0 aliphatic heterocycles. The maximum absolute atomic E-state index is 9.03. The van der Waals surface area contributed by atoms with Gasteiger partial charge >= 0.3 is 0 Å². The zero-order chi connectivity index (χ0) is 13.7. The molecule has 0 aliphatic rings. The van der Waals surface area contributed by atoms with Crippen LogP contribution in [-0.4, -0.2) is 18.3 Å². The number of hydrogen-bond donors (Lipinski definition) is 2. The Morgan fingerprint density at radius 3 is 2.47 bits per heavy atom. The Bertz CT molecular complexity index is 535. The number of nitrogen functional groups attached to an aromatic ring is 1. The molecule has 0 amide bonds. The number of ether oxygens (including phenoxy) is 1. The highest BCUT2D eigenvalue weighted by Crippen LogP contribution is 2.30. The zero-order valence-corrected chi connectivity index (χ0v) is 11.1. The molecule has 0 unspecified atom stereocenters. The second-order valence-electron chi connectivity index (χ2n) is 4.31. The molecular formula is C16H19NO2. The van der Waals surface area contributed by atoms with Crippen LogP contribution in [0.5, 0.6) is 5.75 Å². The number of aliphatic hydroxyl groups excluding tert-OH is 1. The first-order chi connectivity index (χ1) is 9.26. The van der Waals surface area contributed by atoms with Crippen LogP contribution in [0.4, 0.5) is 5.69 Å². The normalized spacial score (nSPS) is 10.4. The van der Waals surface area contributed by atoms with Gasteiger partial charge in [-0.2, -0.15) is 0 Å². The van der Waals surface area contributed by atoms with Crippen molar-refractivity contribution < 1.29 is 9.84 Å². The highest BCUT2D eigenvalue weighted by molar-refractivity contribution is 5.78. The van der Waals surface area contributed by atoms with Crippen LogP contribution >= 0.6 is 0 Å². The van der Waals surface area contributed by atoms with Gasteiger partial charge in [0.05, 0.1) is 6.61 Å². The zero-order valence-electron chi connectivity index (χ0n) is 11.1. The summed E-state index contributed by atoms with van der Waals surface area (Å²) in [6.45, 7) is 2.73. The third-order valence-electron chi connectivity index (χ3n) is 3.05. The van der Waals surface area contributed by atoms with Crippen LogP contribution in [0.15, 0.2) is 42.5 Å². The second-order valence-corrected chi connectivity index (χ2v) is 4.31. The Morgan fingerprint density at radius 2 is 1.84 bits per heavy atom. The van der Waals surface area contributed by atoms with Gasteiger partial charge in [0, 0.05) is 17.9 Å². The maximum atomic E-state index is 9.03. The van der Waals surface area contributed by atoms with E-state index in [9.17, 15) is 0 Å². The summed E-state index contributed by atoms with van der Waals surface area (Å²) in [5.41, 5.74) is 9.92. The first kappa shape index (κ1) is 13.4. The van der Waals surface area contributed by atoms with Gasteiger partial charge in [0.2, 0.25) is 0 Å². The van der Waals surface area contributed by atoms with Crippen molar-refractivity contribution in [2.75, 3.05) is 18.9 Å². The smallest absolute Gasteiger partial charge is 0.119 e.